The first-order valence-corrected chi connectivity index (χ1v) is 11.2. The van der Waals surface area contributed by atoms with E-state index in [0.29, 0.717) is 35.5 Å². The van der Waals surface area contributed by atoms with Crippen molar-refractivity contribution >= 4 is 41.6 Å². The summed E-state index contributed by atoms with van der Waals surface area (Å²) in [7, 11) is 10.5. The predicted octanol–water partition coefficient (Wildman–Crippen LogP) is 5.41. The molecule has 1 heterocycles. The van der Waals surface area contributed by atoms with E-state index in [-0.39, 0.29) is 17.8 Å². The number of carbonyl (C=O) groups is 2. The summed E-state index contributed by atoms with van der Waals surface area (Å²) in [6, 6.07) is 6.93. The number of rotatable bonds is 5. The minimum Gasteiger partial charge on any atom is -0.490 e. The summed E-state index contributed by atoms with van der Waals surface area (Å²) < 4.78 is 5.96. The fourth-order valence-corrected chi connectivity index (χ4v) is 5.28. The van der Waals surface area contributed by atoms with Crippen LogP contribution in [0, 0.1) is 5.92 Å². The molecule has 0 aromatic heterocycles. The molecular formula is C18H18Cl2O4S. The molecule has 0 bridgehead atoms. The summed E-state index contributed by atoms with van der Waals surface area (Å²) >= 11 is 0. The van der Waals surface area contributed by atoms with E-state index in [9.17, 15) is 9.59 Å². The van der Waals surface area contributed by atoms with E-state index in [0.717, 1.165) is 4.91 Å². The number of carboxylic acids is 1. The number of halogens is 2. The maximum absolute atomic E-state index is 13.0. The minimum atomic E-state index is -2.29. The van der Waals surface area contributed by atoms with E-state index in [1.807, 2.05) is 0 Å². The van der Waals surface area contributed by atoms with Crippen LogP contribution in [0.2, 0.25) is 0 Å². The zero-order chi connectivity index (χ0) is 18.2. The molecule has 134 valence electrons. The molecule has 0 radical (unpaired) electrons. The van der Waals surface area contributed by atoms with E-state index < -0.39 is 14.4 Å². The van der Waals surface area contributed by atoms with Crippen molar-refractivity contribution < 1.29 is 19.4 Å². The lowest BCUT2D eigenvalue weighted by atomic mass is 10.1. The molecule has 0 amide bonds. The van der Waals surface area contributed by atoms with Crippen LogP contribution in [0.25, 0.3) is 0 Å². The van der Waals surface area contributed by atoms with E-state index in [1.54, 1.807) is 43.3 Å². The maximum atomic E-state index is 13.0. The van der Waals surface area contributed by atoms with Crippen molar-refractivity contribution in [2.45, 2.75) is 32.3 Å². The van der Waals surface area contributed by atoms with Crippen LogP contribution >= 0.6 is 29.8 Å². The number of carbonyl (C=O) groups excluding carboxylic acids is 1. The molecule has 1 saturated carbocycles. The molecule has 2 atom stereocenters. The van der Waals surface area contributed by atoms with Gasteiger partial charge in [0.1, 0.15) is 5.75 Å². The molecule has 1 fully saturated rings. The van der Waals surface area contributed by atoms with Crippen molar-refractivity contribution in [2.24, 2.45) is 5.92 Å². The number of ether oxygens (including phenoxy) is 1. The number of aliphatic carboxylic acids is 1. The van der Waals surface area contributed by atoms with Gasteiger partial charge in [0.05, 0.1) is 22.5 Å². The van der Waals surface area contributed by atoms with Crippen LogP contribution in [-0.4, -0.2) is 23.0 Å². The second-order valence-electron chi connectivity index (χ2n) is 6.19. The van der Waals surface area contributed by atoms with E-state index in [1.165, 1.54) is 0 Å². The van der Waals surface area contributed by atoms with Gasteiger partial charge in [-0.3, -0.25) is 9.59 Å². The van der Waals surface area contributed by atoms with Crippen molar-refractivity contribution in [1.82, 2.24) is 0 Å². The quantitative estimate of drug-likeness (QED) is 0.670. The van der Waals surface area contributed by atoms with Crippen molar-refractivity contribution in [1.29, 1.82) is 0 Å². The number of benzene rings is 1. The lowest BCUT2D eigenvalue weighted by Gasteiger charge is -2.24. The van der Waals surface area contributed by atoms with Crippen molar-refractivity contribution in [2.75, 3.05) is 0 Å². The molecule has 1 aliphatic heterocycles. The monoisotopic (exact) mass is 400 g/mol. The Morgan fingerprint density at radius 3 is 2.52 bits per heavy atom. The van der Waals surface area contributed by atoms with Crippen LogP contribution in [0.5, 0.6) is 5.75 Å². The molecule has 2 aliphatic rings. The molecule has 1 aliphatic carbocycles. The smallest absolute Gasteiger partial charge is 0.306 e. The van der Waals surface area contributed by atoms with Crippen molar-refractivity contribution in [3.05, 3.63) is 51.8 Å². The number of hydrogen-bond donors (Lipinski definition) is 1. The highest BCUT2D eigenvalue weighted by atomic mass is 36.0. The summed E-state index contributed by atoms with van der Waals surface area (Å²) in [5.74, 6) is -1.00. The Hall–Kier alpha value is -1.43. The predicted molar refractivity (Wildman–Crippen MR) is 101 cm³/mol. The molecule has 7 heteroatoms. The second-order valence-corrected chi connectivity index (χ2v) is 11.5. The van der Waals surface area contributed by atoms with Gasteiger partial charge in [-0.05, 0) is 79.1 Å². The Kier molecular flexibility index (Phi) is 5.19. The fraction of sp³-hybridized carbons (Fsp3) is 0.333. The Morgan fingerprint density at radius 1 is 1.20 bits per heavy atom. The van der Waals surface area contributed by atoms with E-state index >= 15 is 0 Å². The highest BCUT2D eigenvalue weighted by molar-refractivity contribution is 8.71. The number of carboxylic acid groups (broad SMARTS) is 1. The second kappa shape index (κ2) is 7.06. The minimum absolute atomic E-state index is 0.212. The lowest BCUT2D eigenvalue weighted by molar-refractivity contribution is -0.141. The Balaban J connectivity index is 1.81. The van der Waals surface area contributed by atoms with Gasteiger partial charge in [-0.1, -0.05) is 18.2 Å². The molecule has 0 saturated heterocycles. The summed E-state index contributed by atoms with van der Waals surface area (Å²) in [5, 5.41) is 9.12. The highest BCUT2D eigenvalue weighted by Gasteiger charge is 2.36. The molecule has 1 aromatic rings. The van der Waals surface area contributed by atoms with Crippen LogP contribution in [0.3, 0.4) is 0 Å². The van der Waals surface area contributed by atoms with Gasteiger partial charge in [-0.25, -0.2) is 0 Å². The number of allylic oxidation sites excluding steroid dienone is 4. The van der Waals surface area contributed by atoms with Gasteiger partial charge in [0.25, 0.3) is 0 Å². The van der Waals surface area contributed by atoms with Crippen LogP contribution < -0.4 is 4.74 Å². The molecule has 1 N–H and O–H groups in total. The summed E-state index contributed by atoms with van der Waals surface area (Å²) in [5.41, 5.74) is 0.397. The van der Waals surface area contributed by atoms with Crippen LogP contribution in [0.4, 0.5) is 0 Å². The molecule has 3 rings (SSSR count). The SMILES string of the molecule is CC1=CC=C(C(=O)c2ccccc2O[C@H]2CC[C@H](C(=O)O)C2)S1(Cl)Cl. The zero-order valence-corrected chi connectivity index (χ0v) is 15.9. The van der Waals surface area contributed by atoms with Gasteiger partial charge in [0, 0.05) is 0 Å². The maximum Gasteiger partial charge on any atom is 0.306 e. The zero-order valence-electron chi connectivity index (χ0n) is 13.6. The first-order chi connectivity index (χ1) is 11.8. The fourth-order valence-electron chi connectivity index (χ4n) is 3.07. The third-order valence-electron chi connectivity index (χ3n) is 4.53. The third-order valence-corrected chi connectivity index (χ3v) is 8.81. The molecule has 4 nitrogen and oxygen atoms in total. The number of ketones is 1. The van der Waals surface area contributed by atoms with Crippen LogP contribution in [0.15, 0.2) is 46.2 Å². The summed E-state index contributed by atoms with van der Waals surface area (Å²) in [6.07, 6.45) is 4.91. The molecule has 25 heavy (non-hydrogen) atoms. The van der Waals surface area contributed by atoms with Gasteiger partial charge in [-0.2, -0.15) is 0 Å². The topological polar surface area (TPSA) is 63.6 Å². The van der Waals surface area contributed by atoms with Gasteiger partial charge < -0.3 is 9.84 Å². The number of para-hydroxylation sites is 1. The first-order valence-electron chi connectivity index (χ1n) is 7.95. The largest absolute Gasteiger partial charge is 0.490 e. The lowest BCUT2D eigenvalue weighted by Crippen LogP contribution is -2.17. The Labute approximate surface area is 156 Å². The highest BCUT2D eigenvalue weighted by Crippen LogP contribution is 2.73. The first kappa shape index (κ1) is 18.4. The molecular weight excluding hydrogens is 383 g/mol. The van der Waals surface area contributed by atoms with Gasteiger partial charge in [0.2, 0.25) is 5.78 Å². The number of Topliss-reactive ketones (excluding diaryl/α,β-unsaturated/α-hetero) is 1. The van der Waals surface area contributed by atoms with Gasteiger partial charge in [0.15, 0.2) is 0 Å². The third kappa shape index (κ3) is 3.59. The molecule has 1 aromatic carbocycles. The van der Waals surface area contributed by atoms with Gasteiger partial charge >= 0.3 is 5.97 Å². The van der Waals surface area contributed by atoms with Crippen molar-refractivity contribution in [3.63, 3.8) is 0 Å². The number of hydrogen-bond acceptors (Lipinski definition) is 3. The summed E-state index contributed by atoms with van der Waals surface area (Å²) in [4.78, 5) is 25.2. The van der Waals surface area contributed by atoms with E-state index in [2.05, 4.69) is 0 Å². The normalized spacial score (nSPS) is 25.9. The van der Waals surface area contributed by atoms with Crippen LogP contribution in [-0.2, 0) is 4.79 Å². The van der Waals surface area contributed by atoms with Crippen LogP contribution in [0.1, 0.15) is 36.5 Å². The van der Waals surface area contributed by atoms with Crippen molar-refractivity contribution in [3.8, 4) is 5.75 Å². The molecule has 0 unspecified atom stereocenters. The Morgan fingerprint density at radius 2 is 1.92 bits per heavy atom. The average molecular weight is 401 g/mol. The van der Waals surface area contributed by atoms with E-state index in [4.69, 9.17) is 31.2 Å². The van der Waals surface area contributed by atoms with Gasteiger partial charge in [-0.15, -0.1) is 0 Å². The standard InChI is InChI=1S/C18H18Cl2O4S/c1-11-6-9-16(25(11,19)20)17(21)14-4-2-3-5-15(14)24-13-8-7-12(10-13)18(22)23/h2-6,9,12-13H,7-8,10H2,1H3,(H,22,23)/t12-,13-/m0/s1. The molecule has 0 spiro atoms. The average Bonchev–Trinajstić information content (AvgIpc) is 3.13. The Bertz CT molecular complexity index is 785. The summed E-state index contributed by atoms with van der Waals surface area (Å²) in [6.45, 7) is 1.80.